The molecule has 0 unspecified atom stereocenters. The Morgan fingerprint density at radius 1 is 0.941 bits per heavy atom. The van der Waals surface area contributed by atoms with Gasteiger partial charge in [0.05, 0.1) is 14.7 Å². The minimum absolute atomic E-state index is 0.0230. The lowest BCUT2D eigenvalue weighted by Gasteiger charge is -2.43. The van der Waals surface area contributed by atoms with Crippen molar-refractivity contribution in [1.29, 1.82) is 0 Å². The minimum atomic E-state index is -3.89. The Kier molecular flexibility index (Phi) is 5.86. The number of sulfone groups is 1. The molecule has 0 bridgehead atoms. The number of hydrogen-bond donors (Lipinski definition) is 1. The Balaban J connectivity index is 1.58. The summed E-state index contributed by atoms with van der Waals surface area (Å²) in [6.07, 6.45) is 8.74. The molecule has 2 heterocycles. The Morgan fingerprint density at radius 3 is 2.38 bits per heavy atom. The number of aryl methyl sites for hydroxylation is 1. The molecule has 1 aliphatic heterocycles. The number of fused-ring (bicyclic) bond motifs is 4. The van der Waals surface area contributed by atoms with E-state index in [0.717, 1.165) is 48.8 Å². The zero-order valence-electron chi connectivity index (χ0n) is 19.1. The maximum Gasteiger partial charge on any atom is 0.240 e. The molecule has 1 fully saturated rings. The summed E-state index contributed by atoms with van der Waals surface area (Å²) < 4.78 is 56.5. The molecule has 0 radical (unpaired) electrons. The van der Waals surface area contributed by atoms with Gasteiger partial charge in [0.15, 0.2) is 0 Å². The average Bonchev–Trinajstić information content (AvgIpc) is 2.84. The molecule has 34 heavy (non-hydrogen) atoms. The predicted octanol–water partition coefficient (Wildman–Crippen LogP) is 4.31. The molecule has 0 amide bonds. The summed E-state index contributed by atoms with van der Waals surface area (Å²) in [7, 11) is -7.73. The van der Waals surface area contributed by atoms with Crippen molar-refractivity contribution in [3.05, 3.63) is 83.2 Å². The van der Waals surface area contributed by atoms with Crippen LogP contribution in [0.15, 0.2) is 75.6 Å². The van der Waals surface area contributed by atoms with Gasteiger partial charge in [-0.25, -0.2) is 21.6 Å². The van der Waals surface area contributed by atoms with Crippen molar-refractivity contribution in [3.63, 3.8) is 0 Å². The van der Waals surface area contributed by atoms with Crippen molar-refractivity contribution in [3.8, 4) is 0 Å². The number of hydrogen-bond acceptors (Lipinski definition) is 5. The van der Waals surface area contributed by atoms with E-state index in [1.54, 1.807) is 31.5 Å². The van der Waals surface area contributed by atoms with E-state index in [1.807, 2.05) is 30.3 Å². The largest absolute Gasteiger partial charge is 0.265 e. The predicted molar refractivity (Wildman–Crippen MR) is 130 cm³/mol. The van der Waals surface area contributed by atoms with E-state index in [2.05, 4.69) is 9.71 Å². The molecule has 2 aromatic carbocycles. The van der Waals surface area contributed by atoms with Crippen LogP contribution in [0.2, 0.25) is 0 Å². The first kappa shape index (κ1) is 23.2. The molecule has 8 heteroatoms. The topological polar surface area (TPSA) is 93.2 Å². The van der Waals surface area contributed by atoms with Gasteiger partial charge < -0.3 is 0 Å². The zero-order valence-corrected chi connectivity index (χ0v) is 20.8. The molecule has 1 N–H and O–H groups in total. The number of benzene rings is 2. The third kappa shape index (κ3) is 3.78. The Morgan fingerprint density at radius 2 is 1.65 bits per heavy atom. The average molecular weight is 497 g/mol. The third-order valence-corrected chi connectivity index (χ3v) is 10.7. The third-order valence-electron chi connectivity index (χ3n) is 7.23. The second-order valence-electron chi connectivity index (χ2n) is 9.26. The van der Waals surface area contributed by atoms with E-state index in [4.69, 9.17) is 0 Å². The maximum atomic E-state index is 13.7. The van der Waals surface area contributed by atoms with E-state index >= 15 is 0 Å². The van der Waals surface area contributed by atoms with Crippen LogP contribution in [0.4, 0.5) is 0 Å². The quantitative estimate of drug-likeness (QED) is 0.568. The van der Waals surface area contributed by atoms with Crippen LogP contribution in [0.5, 0.6) is 0 Å². The Labute approximate surface area is 201 Å². The van der Waals surface area contributed by atoms with E-state index in [0.29, 0.717) is 16.9 Å². The van der Waals surface area contributed by atoms with Gasteiger partial charge >= 0.3 is 0 Å². The first-order valence-corrected chi connectivity index (χ1v) is 14.6. The highest BCUT2D eigenvalue weighted by atomic mass is 32.2. The van der Waals surface area contributed by atoms with Crippen LogP contribution in [0.1, 0.15) is 54.4 Å². The van der Waals surface area contributed by atoms with E-state index < -0.39 is 25.3 Å². The second-order valence-corrected chi connectivity index (χ2v) is 12.9. The van der Waals surface area contributed by atoms with Crippen molar-refractivity contribution in [2.24, 2.45) is 0 Å². The van der Waals surface area contributed by atoms with E-state index in [9.17, 15) is 16.8 Å². The molecule has 5 rings (SSSR count). The van der Waals surface area contributed by atoms with Gasteiger partial charge in [-0.1, -0.05) is 43.5 Å². The molecule has 3 aromatic rings. The van der Waals surface area contributed by atoms with Crippen molar-refractivity contribution in [1.82, 2.24) is 9.71 Å². The fourth-order valence-corrected chi connectivity index (χ4v) is 8.79. The highest BCUT2D eigenvalue weighted by Gasteiger charge is 2.47. The van der Waals surface area contributed by atoms with Gasteiger partial charge in [-0.15, -0.1) is 0 Å². The molecule has 6 nitrogen and oxygen atoms in total. The van der Waals surface area contributed by atoms with Gasteiger partial charge in [-0.3, -0.25) is 4.98 Å². The molecule has 178 valence electrons. The van der Waals surface area contributed by atoms with E-state index in [-0.39, 0.29) is 16.3 Å². The monoisotopic (exact) mass is 496 g/mol. The van der Waals surface area contributed by atoms with Gasteiger partial charge in [0.1, 0.15) is 0 Å². The van der Waals surface area contributed by atoms with Crippen LogP contribution in [0.3, 0.4) is 0 Å². The molecule has 1 aliphatic carbocycles. The SMILES string of the molecule is Cc1cc2c(cc1S(=O)(=O)NCCc1ccncc1)S(=O)(=O)c1ccccc1C21CCCCC1. The second kappa shape index (κ2) is 8.59. The van der Waals surface area contributed by atoms with Gasteiger partial charge in [0.2, 0.25) is 19.9 Å². The lowest BCUT2D eigenvalue weighted by atomic mass is 9.65. The van der Waals surface area contributed by atoms with Gasteiger partial charge in [0, 0.05) is 24.4 Å². The highest BCUT2D eigenvalue weighted by molar-refractivity contribution is 7.92. The van der Waals surface area contributed by atoms with Crippen molar-refractivity contribution in [2.75, 3.05) is 6.54 Å². The van der Waals surface area contributed by atoms with Crippen LogP contribution in [0.25, 0.3) is 0 Å². The molecule has 1 spiro atoms. The molecule has 0 atom stereocenters. The fraction of sp³-hybridized carbons (Fsp3) is 0.346. The minimum Gasteiger partial charge on any atom is -0.265 e. The summed E-state index contributed by atoms with van der Waals surface area (Å²) in [6.45, 7) is 1.96. The number of aromatic nitrogens is 1. The molecule has 2 aliphatic rings. The number of rotatable bonds is 5. The van der Waals surface area contributed by atoms with Crippen LogP contribution in [-0.4, -0.2) is 28.4 Å². The standard InChI is InChI=1S/C26H28N2O4S2/c1-19-17-22-25(18-24(19)34(31,32)28-16-11-20-9-14-27-15-10-20)33(29,30)23-8-4-3-7-21(23)26(22)12-5-2-6-13-26/h3-4,7-10,14-15,17-18,28H,2,5-6,11-13,16H2,1H3. The summed E-state index contributed by atoms with van der Waals surface area (Å²) in [6, 6.07) is 14.1. The number of sulfonamides is 1. The Hall–Kier alpha value is -2.55. The van der Waals surface area contributed by atoms with Gasteiger partial charge in [-0.05, 0) is 72.7 Å². The van der Waals surface area contributed by atoms with Crippen LogP contribution >= 0.6 is 0 Å². The number of nitrogens with one attached hydrogen (secondary N) is 1. The summed E-state index contributed by atoms with van der Waals surface area (Å²) >= 11 is 0. The normalized spacial score (nSPS) is 18.3. The van der Waals surface area contributed by atoms with Crippen molar-refractivity contribution >= 4 is 19.9 Å². The summed E-state index contributed by atoms with van der Waals surface area (Å²) in [5, 5.41) is 0. The van der Waals surface area contributed by atoms with Gasteiger partial charge in [-0.2, -0.15) is 0 Å². The smallest absolute Gasteiger partial charge is 0.240 e. The summed E-state index contributed by atoms with van der Waals surface area (Å²) in [5.41, 5.74) is 2.75. The van der Waals surface area contributed by atoms with Crippen molar-refractivity contribution < 1.29 is 16.8 Å². The number of nitrogens with zero attached hydrogens (tertiary/aromatic N) is 1. The molecular weight excluding hydrogens is 468 g/mol. The fourth-order valence-electron chi connectivity index (χ4n) is 5.57. The highest BCUT2D eigenvalue weighted by Crippen LogP contribution is 2.53. The lowest BCUT2D eigenvalue weighted by molar-refractivity contribution is 0.332. The number of pyridine rings is 1. The zero-order chi connectivity index (χ0) is 24.0. The van der Waals surface area contributed by atoms with Crippen LogP contribution in [-0.2, 0) is 31.7 Å². The van der Waals surface area contributed by atoms with E-state index in [1.165, 1.54) is 6.07 Å². The first-order chi connectivity index (χ1) is 16.3. The van der Waals surface area contributed by atoms with Crippen LogP contribution in [0, 0.1) is 6.92 Å². The molecule has 0 saturated heterocycles. The molecular formula is C26H28N2O4S2. The van der Waals surface area contributed by atoms with Gasteiger partial charge in [0.25, 0.3) is 0 Å². The molecule has 1 saturated carbocycles. The van der Waals surface area contributed by atoms with Crippen molar-refractivity contribution in [2.45, 2.75) is 65.6 Å². The molecule has 1 aromatic heterocycles. The maximum absolute atomic E-state index is 13.7. The Bertz CT molecular complexity index is 1440. The van der Waals surface area contributed by atoms with Crippen LogP contribution < -0.4 is 4.72 Å². The first-order valence-electron chi connectivity index (χ1n) is 11.6. The lowest BCUT2D eigenvalue weighted by Crippen LogP contribution is -2.37. The summed E-state index contributed by atoms with van der Waals surface area (Å²) in [5.74, 6) is 0. The summed E-state index contributed by atoms with van der Waals surface area (Å²) in [4.78, 5) is 4.44.